The number of pyridine rings is 3. The maximum Gasteiger partial charge on any atom is 0.306 e. The molecule has 212 valence electrons. The zero-order valence-corrected chi connectivity index (χ0v) is 24.4. The second-order valence-electron chi connectivity index (χ2n) is 10.9. The van der Waals surface area contributed by atoms with Crippen molar-refractivity contribution in [2.45, 2.75) is 63.4 Å². The zero-order chi connectivity index (χ0) is 28.6. The van der Waals surface area contributed by atoms with E-state index >= 15 is 0 Å². The Morgan fingerprint density at radius 1 is 1.18 bits per heavy atom. The number of piperidine rings is 1. The molecular formula is C29H34ClN5O4S. The highest BCUT2D eigenvalue weighted by atomic mass is 35.5. The molecule has 0 aromatic carbocycles. The van der Waals surface area contributed by atoms with E-state index in [0.29, 0.717) is 35.4 Å². The molecule has 3 aromatic rings. The molecule has 40 heavy (non-hydrogen) atoms. The molecule has 3 aromatic heterocycles. The van der Waals surface area contributed by atoms with Gasteiger partial charge in [-0.15, -0.1) is 0 Å². The van der Waals surface area contributed by atoms with Gasteiger partial charge in [0.05, 0.1) is 22.3 Å². The number of halogens is 1. The number of hydrogen-bond acceptors (Lipinski definition) is 7. The predicted octanol–water partition coefficient (Wildman–Crippen LogP) is 5.83. The molecule has 0 amide bonds. The summed E-state index contributed by atoms with van der Waals surface area (Å²) in [5.41, 5.74) is 2.00. The summed E-state index contributed by atoms with van der Waals surface area (Å²) in [5, 5.41) is 9.98. The van der Waals surface area contributed by atoms with Crippen molar-refractivity contribution >= 4 is 39.2 Å². The van der Waals surface area contributed by atoms with Crippen molar-refractivity contribution in [3.63, 3.8) is 0 Å². The molecule has 1 saturated heterocycles. The standard InChI is InChI=1S/C29H34ClN5O4S/c1-4-7-18-13-15-35(22-16-20(26(18)22)29(36)37)24-9-5-10-25(33-24)40(38,39)34-23-12-11-21(30)28(32-23)19-8-6-14-31-27(19)17(2)3/h5-6,8-12,14,17-18,20,22,26H,4,7,13,15-16H2,1-3H3,(H,32,34)(H,36,37). The number of aromatic nitrogens is 3. The lowest BCUT2D eigenvalue weighted by molar-refractivity contribution is -0.152. The Balaban J connectivity index is 1.40. The number of carboxylic acids is 1. The first kappa shape index (κ1) is 28.3. The third kappa shape index (κ3) is 5.39. The van der Waals surface area contributed by atoms with Crippen molar-refractivity contribution in [3.8, 4) is 11.3 Å². The molecule has 5 rings (SSSR count). The molecule has 2 N–H and O–H groups in total. The van der Waals surface area contributed by atoms with Crippen LogP contribution in [-0.4, -0.2) is 47.0 Å². The fourth-order valence-electron chi connectivity index (χ4n) is 6.21. The number of rotatable bonds is 9. The number of sulfonamides is 1. The summed E-state index contributed by atoms with van der Waals surface area (Å²) >= 11 is 6.47. The highest BCUT2D eigenvalue weighted by molar-refractivity contribution is 7.92. The van der Waals surface area contributed by atoms with Crippen LogP contribution in [0.2, 0.25) is 5.02 Å². The Labute approximate surface area is 240 Å². The Kier molecular flexibility index (Phi) is 8.01. The highest BCUT2D eigenvalue weighted by Crippen LogP contribution is 2.49. The molecule has 1 aliphatic carbocycles. The molecule has 4 heterocycles. The van der Waals surface area contributed by atoms with Crippen LogP contribution in [0.3, 0.4) is 0 Å². The SMILES string of the molecule is CCCC1CCN(c2cccc(S(=O)(=O)Nc3ccc(Cl)c(-c4cccnc4C(C)C)n3)n2)C2CC(C(=O)O)C12. The Hall–Kier alpha value is -3.24. The van der Waals surface area contributed by atoms with Gasteiger partial charge in [0.25, 0.3) is 10.0 Å². The fourth-order valence-corrected chi connectivity index (χ4v) is 7.39. The van der Waals surface area contributed by atoms with Crippen molar-refractivity contribution in [1.82, 2.24) is 15.0 Å². The highest BCUT2D eigenvalue weighted by Gasteiger charge is 2.53. The van der Waals surface area contributed by atoms with Crippen LogP contribution < -0.4 is 9.62 Å². The molecule has 0 spiro atoms. The second-order valence-corrected chi connectivity index (χ2v) is 12.9. The first-order chi connectivity index (χ1) is 19.1. The van der Waals surface area contributed by atoms with E-state index in [9.17, 15) is 18.3 Å². The third-order valence-electron chi connectivity index (χ3n) is 8.07. The molecule has 9 nitrogen and oxygen atoms in total. The van der Waals surface area contributed by atoms with Gasteiger partial charge in [0.1, 0.15) is 11.6 Å². The van der Waals surface area contributed by atoms with Gasteiger partial charge in [-0.2, -0.15) is 8.42 Å². The van der Waals surface area contributed by atoms with Crippen LogP contribution in [0.1, 0.15) is 58.1 Å². The number of hydrogen-bond donors (Lipinski definition) is 2. The third-order valence-corrected chi connectivity index (χ3v) is 9.63. The van der Waals surface area contributed by atoms with E-state index in [4.69, 9.17) is 11.6 Å². The summed E-state index contributed by atoms with van der Waals surface area (Å²) in [7, 11) is -4.07. The van der Waals surface area contributed by atoms with Crippen LogP contribution in [0.4, 0.5) is 11.6 Å². The normalized spacial score (nSPS) is 22.5. The minimum absolute atomic E-state index is 0.0416. The van der Waals surface area contributed by atoms with Gasteiger partial charge in [0.2, 0.25) is 0 Å². The monoisotopic (exact) mass is 583 g/mol. The van der Waals surface area contributed by atoms with Crippen LogP contribution in [0.25, 0.3) is 11.3 Å². The van der Waals surface area contributed by atoms with E-state index < -0.39 is 16.0 Å². The maximum absolute atomic E-state index is 13.4. The largest absolute Gasteiger partial charge is 0.481 e. The summed E-state index contributed by atoms with van der Waals surface area (Å²) in [5.74, 6) is 0.0716. The fraction of sp³-hybridized carbons (Fsp3) is 0.448. The van der Waals surface area contributed by atoms with Gasteiger partial charge in [0, 0.05) is 24.3 Å². The summed E-state index contributed by atoms with van der Waals surface area (Å²) in [6.45, 7) is 6.88. The van der Waals surface area contributed by atoms with Crippen molar-refractivity contribution in [1.29, 1.82) is 0 Å². The number of anilines is 2. The van der Waals surface area contributed by atoms with E-state index in [1.165, 1.54) is 12.1 Å². The molecule has 0 bridgehead atoms. The van der Waals surface area contributed by atoms with Crippen molar-refractivity contribution in [3.05, 3.63) is 59.4 Å². The van der Waals surface area contributed by atoms with Crippen LogP contribution in [0.5, 0.6) is 0 Å². The van der Waals surface area contributed by atoms with Gasteiger partial charge in [-0.1, -0.05) is 51.3 Å². The summed E-state index contributed by atoms with van der Waals surface area (Å²) in [6.07, 6.45) is 5.12. The van der Waals surface area contributed by atoms with E-state index in [-0.39, 0.29) is 34.6 Å². The van der Waals surface area contributed by atoms with E-state index in [1.807, 2.05) is 19.9 Å². The molecule has 4 atom stereocenters. The van der Waals surface area contributed by atoms with Crippen LogP contribution >= 0.6 is 11.6 Å². The lowest BCUT2D eigenvalue weighted by atomic mass is 9.59. The molecular weight excluding hydrogens is 550 g/mol. The molecule has 11 heteroatoms. The smallest absolute Gasteiger partial charge is 0.306 e. The van der Waals surface area contributed by atoms with Crippen molar-refractivity contribution in [2.75, 3.05) is 16.2 Å². The van der Waals surface area contributed by atoms with E-state index in [1.54, 1.807) is 30.5 Å². The minimum Gasteiger partial charge on any atom is -0.481 e. The Bertz CT molecular complexity index is 1520. The van der Waals surface area contributed by atoms with Gasteiger partial charge >= 0.3 is 5.97 Å². The lowest BCUT2D eigenvalue weighted by Gasteiger charge is -2.56. The molecule has 2 aliphatic rings. The Morgan fingerprint density at radius 2 is 1.98 bits per heavy atom. The van der Waals surface area contributed by atoms with Crippen LogP contribution in [0.15, 0.2) is 53.7 Å². The molecule has 1 aliphatic heterocycles. The summed E-state index contributed by atoms with van der Waals surface area (Å²) in [4.78, 5) is 27.4. The lowest BCUT2D eigenvalue weighted by Crippen LogP contribution is -2.61. The second kappa shape index (κ2) is 11.3. The average Bonchev–Trinajstić information content (AvgIpc) is 2.90. The molecule has 1 saturated carbocycles. The first-order valence-electron chi connectivity index (χ1n) is 13.7. The first-order valence-corrected chi connectivity index (χ1v) is 15.6. The predicted molar refractivity (Wildman–Crippen MR) is 155 cm³/mol. The van der Waals surface area contributed by atoms with Gasteiger partial charge in [0.15, 0.2) is 5.03 Å². The van der Waals surface area contributed by atoms with Gasteiger partial charge in [-0.05, 0) is 67.0 Å². The van der Waals surface area contributed by atoms with Gasteiger partial charge < -0.3 is 10.0 Å². The number of nitrogens with one attached hydrogen (secondary N) is 1. The van der Waals surface area contributed by atoms with Gasteiger partial charge in [-0.3, -0.25) is 14.5 Å². The Morgan fingerprint density at radius 3 is 2.70 bits per heavy atom. The van der Waals surface area contributed by atoms with Crippen LogP contribution in [0, 0.1) is 17.8 Å². The molecule has 0 radical (unpaired) electrons. The topological polar surface area (TPSA) is 125 Å². The number of aliphatic carboxylic acids is 1. The molecule has 2 fully saturated rings. The number of nitrogens with zero attached hydrogens (tertiary/aromatic N) is 4. The van der Waals surface area contributed by atoms with Crippen molar-refractivity contribution in [2.24, 2.45) is 17.8 Å². The van der Waals surface area contributed by atoms with Crippen molar-refractivity contribution < 1.29 is 18.3 Å². The summed E-state index contributed by atoms with van der Waals surface area (Å²) in [6, 6.07) is 11.7. The number of carboxylic acid groups (broad SMARTS) is 1. The molecule has 4 unspecified atom stereocenters. The minimum atomic E-state index is -4.07. The average molecular weight is 584 g/mol. The van der Waals surface area contributed by atoms with Gasteiger partial charge in [-0.25, -0.2) is 9.97 Å². The van der Waals surface area contributed by atoms with E-state index in [0.717, 1.165) is 30.5 Å². The summed E-state index contributed by atoms with van der Waals surface area (Å²) < 4.78 is 29.4. The number of fused-ring (bicyclic) bond motifs is 1. The zero-order valence-electron chi connectivity index (χ0n) is 22.8. The van der Waals surface area contributed by atoms with E-state index in [2.05, 4.69) is 31.5 Å². The number of carbonyl (C=O) groups is 1. The maximum atomic E-state index is 13.4. The van der Waals surface area contributed by atoms with Crippen LogP contribution in [-0.2, 0) is 14.8 Å². The quantitative estimate of drug-likeness (QED) is 0.322.